The van der Waals surface area contributed by atoms with E-state index in [2.05, 4.69) is 10.3 Å². The first-order chi connectivity index (χ1) is 8.72. The number of rotatable bonds is 4. The Kier molecular flexibility index (Phi) is 4.11. The smallest absolute Gasteiger partial charge is 0.239 e. The standard InChI is InChI=1S/C12H17N3O3/c1-13-12(17)10-8-18-6-5-15(10)7-11(16)9-3-2-4-14-9/h2-4,10,14H,5-8H2,1H3,(H,13,17). The van der Waals surface area contributed by atoms with E-state index in [0.29, 0.717) is 25.5 Å². The van der Waals surface area contributed by atoms with Crippen LogP contribution in [0.25, 0.3) is 0 Å². The predicted octanol–water partition coefficient (Wildman–Crippen LogP) is -0.356. The molecule has 0 bridgehead atoms. The summed E-state index contributed by atoms with van der Waals surface area (Å²) in [5.74, 6) is -0.134. The molecule has 1 aliphatic rings. The molecular weight excluding hydrogens is 234 g/mol. The Morgan fingerprint density at radius 1 is 1.61 bits per heavy atom. The zero-order valence-electron chi connectivity index (χ0n) is 10.3. The fourth-order valence-electron chi connectivity index (χ4n) is 2.01. The number of aromatic amines is 1. The van der Waals surface area contributed by atoms with Gasteiger partial charge in [0.15, 0.2) is 5.78 Å². The van der Waals surface area contributed by atoms with Gasteiger partial charge in [0.2, 0.25) is 5.91 Å². The Morgan fingerprint density at radius 2 is 2.44 bits per heavy atom. The maximum atomic E-state index is 12.0. The van der Waals surface area contributed by atoms with E-state index in [9.17, 15) is 9.59 Å². The van der Waals surface area contributed by atoms with Gasteiger partial charge in [-0.2, -0.15) is 0 Å². The summed E-state index contributed by atoms with van der Waals surface area (Å²) in [6.07, 6.45) is 1.71. The van der Waals surface area contributed by atoms with Crippen LogP contribution in [0, 0.1) is 0 Å². The van der Waals surface area contributed by atoms with Gasteiger partial charge < -0.3 is 15.0 Å². The van der Waals surface area contributed by atoms with Crippen molar-refractivity contribution in [1.29, 1.82) is 0 Å². The molecule has 1 aromatic rings. The summed E-state index contributed by atoms with van der Waals surface area (Å²) in [4.78, 5) is 28.4. The number of morpholine rings is 1. The summed E-state index contributed by atoms with van der Waals surface area (Å²) < 4.78 is 5.29. The monoisotopic (exact) mass is 251 g/mol. The molecule has 1 aliphatic heterocycles. The van der Waals surface area contributed by atoms with E-state index in [4.69, 9.17) is 4.74 Å². The Balaban J connectivity index is 2.01. The number of hydrogen-bond donors (Lipinski definition) is 2. The number of nitrogens with zero attached hydrogens (tertiary/aromatic N) is 1. The molecule has 1 unspecified atom stereocenters. The van der Waals surface area contributed by atoms with E-state index in [-0.39, 0.29) is 24.3 Å². The van der Waals surface area contributed by atoms with E-state index in [1.54, 1.807) is 25.4 Å². The van der Waals surface area contributed by atoms with Crippen LogP contribution in [0.1, 0.15) is 10.5 Å². The van der Waals surface area contributed by atoms with Gasteiger partial charge >= 0.3 is 0 Å². The Hall–Kier alpha value is -1.66. The summed E-state index contributed by atoms with van der Waals surface area (Å²) in [6, 6.07) is 3.13. The molecule has 0 radical (unpaired) electrons. The van der Waals surface area contributed by atoms with Crippen LogP contribution in [0.4, 0.5) is 0 Å². The summed E-state index contributed by atoms with van der Waals surface area (Å²) >= 11 is 0. The van der Waals surface area contributed by atoms with Crippen LogP contribution in [0.15, 0.2) is 18.3 Å². The van der Waals surface area contributed by atoms with Crippen molar-refractivity contribution in [3.8, 4) is 0 Å². The van der Waals surface area contributed by atoms with Crippen LogP contribution in [-0.4, -0.2) is 61.0 Å². The predicted molar refractivity (Wildman–Crippen MR) is 65.4 cm³/mol. The molecule has 0 saturated carbocycles. The second-order valence-corrected chi connectivity index (χ2v) is 4.18. The van der Waals surface area contributed by atoms with E-state index in [1.165, 1.54) is 0 Å². The fourth-order valence-corrected chi connectivity index (χ4v) is 2.01. The summed E-state index contributed by atoms with van der Waals surface area (Å²) in [6.45, 7) is 1.69. The average Bonchev–Trinajstić information content (AvgIpc) is 2.92. The number of likely N-dealkylation sites (N-methyl/N-ethyl adjacent to an activating group) is 1. The number of ether oxygens (including phenoxy) is 1. The van der Waals surface area contributed by atoms with Crippen molar-refractivity contribution in [2.45, 2.75) is 6.04 Å². The maximum absolute atomic E-state index is 12.0. The fraction of sp³-hybridized carbons (Fsp3) is 0.500. The molecule has 1 aromatic heterocycles. The molecule has 0 aromatic carbocycles. The van der Waals surface area contributed by atoms with E-state index >= 15 is 0 Å². The van der Waals surface area contributed by atoms with Crippen molar-refractivity contribution in [1.82, 2.24) is 15.2 Å². The Labute approximate surface area is 105 Å². The average molecular weight is 251 g/mol. The van der Waals surface area contributed by atoms with Gasteiger partial charge in [-0.25, -0.2) is 0 Å². The number of carbonyl (C=O) groups is 2. The molecule has 1 amide bonds. The first-order valence-electron chi connectivity index (χ1n) is 5.92. The van der Waals surface area contributed by atoms with Gasteiger partial charge in [-0.05, 0) is 12.1 Å². The van der Waals surface area contributed by atoms with Gasteiger partial charge in [0.05, 0.1) is 25.5 Å². The molecule has 6 nitrogen and oxygen atoms in total. The molecule has 2 heterocycles. The minimum absolute atomic E-state index is 0.0178. The van der Waals surface area contributed by atoms with Crippen LogP contribution >= 0.6 is 0 Å². The Bertz CT molecular complexity index is 416. The number of carbonyl (C=O) groups excluding carboxylic acids is 2. The normalized spacial score (nSPS) is 20.6. The number of amides is 1. The van der Waals surface area contributed by atoms with Gasteiger partial charge in [-0.15, -0.1) is 0 Å². The minimum Gasteiger partial charge on any atom is -0.378 e. The summed E-state index contributed by atoms with van der Waals surface area (Å²) in [7, 11) is 1.59. The van der Waals surface area contributed by atoms with Crippen molar-refractivity contribution < 1.29 is 14.3 Å². The third kappa shape index (κ3) is 2.77. The molecule has 1 fully saturated rings. The van der Waals surface area contributed by atoms with Crippen molar-refractivity contribution in [2.75, 3.05) is 33.4 Å². The molecule has 0 spiro atoms. The van der Waals surface area contributed by atoms with Gasteiger partial charge in [0.1, 0.15) is 6.04 Å². The highest BCUT2D eigenvalue weighted by Gasteiger charge is 2.30. The third-order valence-electron chi connectivity index (χ3n) is 3.03. The third-order valence-corrected chi connectivity index (χ3v) is 3.03. The molecule has 1 atom stereocenters. The lowest BCUT2D eigenvalue weighted by molar-refractivity contribution is -0.131. The molecule has 98 valence electrons. The topological polar surface area (TPSA) is 74.4 Å². The second-order valence-electron chi connectivity index (χ2n) is 4.18. The first kappa shape index (κ1) is 12.8. The van der Waals surface area contributed by atoms with Crippen molar-refractivity contribution >= 4 is 11.7 Å². The first-order valence-corrected chi connectivity index (χ1v) is 5.92. The van der Waals surface area contributed by atoms with Crippen LogP contribution in [-0.2, 0) is 9.53 Å². The number of nitrogens with one attached hydrogen (secondary N) is 2. The summed E-state index contributed by atoms with van der Waals surface area (Å²) in [5.41, 5.74) is 0.567. The number of hydrogen-bond acceptors (Lipinski definition) is 4. The van der Waals surface area contributed by atoms with Crippen LogP contribution < -0.4 is 5.32 Å². The van der Waals surface area contributed by atoms with Crippen LogP contribution in [0.2, 0.25) is 0 Å². The SMILES string of the molecule is CNC(=O)C1COCCN1CC(=O)c1ccc[nH]1. The zero-order chi connectivity index (χ0) is 13.0. The van der Waals surface area contributed by atoms with Crippen molar-refractivity contribution in [3.05, 3.63) is 24.0 Å². The van der Waals surface area contributed by atoms with Gasteiger partial charge in [-0.1, -0.05) is 0 Å². The molecule has 6 heteroatoms. The highest BCUT2D eigenvalue weighted by atomic mass is 16.5. The van der Waals surface area contributed by atoms with Crippen molar-refractivity contribution in [3.63, 3.8) is 0 Å². The van der Waals surface area contributed by atoms with Crippen LogP contribution in [0.5, 0.6) is 0 Å². The number of aromatic nitrogens is 1. The van der Waals surface area contributed by atoms with Gasteiger partial charge in [0.25, 0.3) is 0 Å². The van der Waals surface area contributed by atoms with Crippen molar-refractivity contribution in [2.24, 2.45) is 0 Å². The zero-order valence-corrected chi connectivity index (χ0v) is 10.3. The van der Waals surface area contributed by atoms with Gasteiger partial charge in [-0.3, -0.25) is 14.5 Å². The van der Waals surface area contributed by atoms with E-state index in [0.717, 1.165) is 0 Å². The molecule has 1 saturated heterocycles. The quantitative estimate of drug-likeness (QED) is 0.717. The van der Waals surface area contributed by atoms with E-state index < -0.39 is 0 Å². The maximum Gasteiger partial charge on any atom is 0.239 e. The molecule has 2 rings (SSSR count). The summed E-state index contributed by atoms with van der Waals surface area (Å²) in [5, 5.41) is 2.59. The second kappa shape index (κ2) is 5.79. The van der Waals surface area contributed by atoms with Gasteiger partial charge in [0, 0.05) is 19.8 Å². The molecule has 18 heavy (non-hydrogen) atoms. The lowest BCUT2D eigenvalue weighted by atomic mass is 10.1. The number of Topliss-reactive ketones (excluding diaryl/α,β-unsaturated/α-hetero) is 1. The minimum atomic E-state index is -0.386. The molecule has 0 aliphatic carbocycles. The highest BCUT2D eigenvalue weighted by Crippen LogP contribution is 2.09. The number of H-pyrrole nitrogens is 1. The Morgan fingerprint density at radius 3 is 3.11 bits per heavy atom. The number of ketones is 1. The molecular formula is C12H17N3O3. The lowest BCUT2D eigenvalue weighted by Gasteiger charge is -2.33. The van der Waals surface area contributed by atoms with E-state index in [1.807, 2.05) is 4.90 Å². The lowest BCUT2D eigenvalue weighted by Crippen LogP contribution is -2.54. The largest absolute Gasteiger partial charge is 0.378 e. The highest BCUT2D eigenvalue weighted by molar-refractivity contribution is 5.96. The van der Waals surface area contributed by atoms with Crippen LogP contribution in [0.3, 0.4) is 0 Å². The molecule has 2 N–H and O–H groups in total.